The number of nitrogens with zero attached hydrogens (tertiary/aromatic N) is 1. The summed E-state index contributed by atoms with van der Waals surface area (Å²) in [5, 5.41) is 3.34. The Morgan fingerprint density at radius 1 is 1.39 bits per heavy atom. The molecule has 0 spiro atoms. The van der Waals surface area contributed by atoms with Crippen molar-refractivity contribution in [2.75, 3.05) is 25.9 Å². The Morgan fingerprint density at radius 2 is 2.06 bits per heavy atom. The van der Waals surface area contributed by atoms with Crippen molar-refractivity contribution in [3.05, 3.63) is 29.8 Å². The van der Waals surface area contributed by atoms with Gasteiger partial charge in [0.15, 0.2) is 0 Å². The molecule has 5 heteroatoms. The number of halogens is 1. The van der Waals surface area contributed by atoms with Gasteiger partial charge in [0.25, 0.3) is 5.91 Å². The van der Waals surface area contributed by atoms with Crippen molar-refractivity contribution in [3.8, 4) is 0 Å². The third-order valence-electron chi connectivity index (χ3n) is 2.99. The molecule has 1 aliphatic rings. The summed E-state index contributed by atoms with van der Waals surface area (Å²) >= 11 is 1.69. The van der Waals surface area contributed by atoms with Crippen molar-refractivity contribution in [2.24, 2.45) is 0 Å². The van der Waals surface area contributed by atoms with Gasteiger partial charge in [-0.15, -0.1) is 24.2 Å². The molecule has 3 nitrogen and oxygen atoms in total. The molecule has 1 aliphatic heterocycles. The van der Waals surface area contributed by atoms with E-state index in [9.17, 15) is 4.79 Å². The number of carbonyl (C=O) groups excluding carboxylic acids is 1. The second-order valence-electron chi connectivity index (χ2n) is 4.33. The number of benzene rings is 1. The molecule has 0 bridgehead atoms. The summed E-state index contributed by atoms with van der Waals surface area (Å²) in [6.45, 7) is 4.59. The van der Waals surface area contributed by atoms with Gasteiger partial charge in [-0.3, -0.25) is 4.79 Å². The largest absolute Gasteiger partial charge is 0.336 e. The Bertz CT molecular complexity index is 396. The van der Waals surface area contributed by atoms with E-state index in [1.54, 1.807) is 11.8 Å². The molecule has 0 saturated carbocycles. The topological polar surface area (TPSA) is 32.3 Å². The second-order valence-corrected chi connectivity index (χ2v) is 5.21. The van der Waals surface area contributed by atoms with E-state index < -0.39 is 0 Å². The first kappa shape index (κ1) is 15.3. The summed E-state index contributed by atoms with van der Waals surface area (Å²) < 4.78 is 0. The van der Waals surface area contributed by atoms with Crippen LogP contribution in [-0.2, 0) is 0 Å². The molecule has 2 rings (SSSR count). The molecular weight excluding hydrogens is 268 g/mol. The van der Waals surface area contributed by atoms with Gasteiger partial charge in [-0.25, -0.2) is 0 Å². The molecule has 1 atom stereocenters. The van der Waals surface area contributed by atoms with Crippen LogP contribution in [0.25, 0.3) is 0 Å². The first-order chi connectivity index (χ1) is 8.20. The van der Waals surface area contributed by atoms with E-state index in [1.165, 1.54) is 4.90 Å². The first-order valence-electron chi connectivity index (χ1n) is 5.87. The van der Waals surface area contributed by atoms with Crippen LogP contribution in [0.15, 0.2) is 29.2 Å². The van der Waals surface area contributed by atoms with E-state index in [4.69, 9.17) is 0 Å². The third kappa shape index (κ3) is 3.64. The monoisotopic (exact) mass is 286 g/mol. The van der Waals surface area contributed by atoms with Gasteiger partial charge in [0.2, 0.25) is 0 Å². The maximum atomic E-state index is 12.2. The summed E-state index contributed by atoms with van der Waals surface area (Å²) in [7, 11) is 0. The first-order valence-corrected chi connectivity index (χ1v) is 7.10. The SMILES string of the molecule is CSc1ccc(C(=O)N2CCN[C@@H](C)C2)cc1.Cl. The highest BCUT2D eigenvalue weighted by Crippen LogP contribution is 2.16. The lowest BCUT2D eigenvalue weighted by atomic mass is 10.1. The molecular formula is C13H19ClN2OS. The van der Waals surface area contributed by atoms with Crippen molar-refractivity contribution in [2.45, 2.75) is 17.9 Å². The van der Waals surface area contributed by atoms with Crippen LogP contribution in [0.1, 0.15) is 17.3 Å². The molecule has 1 saturated heterocycles. The molecule has 0 aromatic heterocycles. The van der Waals surface area contributed by atoms with E-state index in [2.05, 4.69) is 12.2 Å². The van der Waals surface area contributed by atoms with Crippen LogP contribution in [0.4, 0.5) is 0 Å². The van der Waals surface area contributed by atoms with Crippen molar-refractivity contribution in [3.63, 3.8) is 0 Å². The molecule has 0 unspecified atom stereocenters. The smallest absolute Gasteiger partial charge is 0.253 e. The Hall–Kier alpha value is -0.710. The summed E-state index contributed by atoms with van der Waals surface area (Å²) in [6, 6.07) is 8.23. The van der Waals surface area contributed by atoms with E-state index in [1.807, 2.05) is 35.4 Å². The highest BCUT2D eigenvalue weighted by molar-refractivity contribution is 7.98. The number of nitrogens with one attached hydrogen (secondary N) is 1. The number of hydrogen-bond acceptors (Lipinski definition) is 3. The van der Waals surface area contributed by atoms with Crippen molar-refractivity contribution in [1.82, 2.24) is 10.2 Å². The number of piperazine rings is 1. The van der Waals surface area contributed by atoms with Crippen LogP contribution in [0.2, 0.25) is 0 Å². The number of thioether (sulfide) groups is 1. The van der Waals surface area contributed by atoms with E-state index in [0.29, 0.717) is 6.04 Å². The molecule has 100 valence electrons. The molecule has 0 radical (unpaired) electrons. The normalized spacial score (nSPS) is 19.2. The molecule has 1 N–H and O–H groups in total. The molecule has 1 aromatic rings. The van der Waals surface area contributed by atoms with Crippen molar-refractivity contribution in [1.29, 1.82) is 0 Å². The van der Waals surface area contributed by atoms with E-state index in [-0.39, 0.29) is 18.3 Å². The van der Waals surface area contributed by atoms with Gasteiger partial charge >= 0.3 is 0 Å². The Kier molecular flexibility index (Phi) is 5.99. The zero-order chi connectivity index (χ0) is 12.3. The zero-order valence-electron chi connectivity index (χ0n) is 10.7. The molecule has 1 amide bonds. The summed E-state index contributed by atoms with van der Waals surface area (Å²) in [6.07, 6.45) is 2.04. The zero-order valence-corrected chi connectivity index (χ0v) is 12.3. The Balaban J connectivity index is 0.00000162. The molecule has 1 aromatic carbocycles. The van der Waals surface area contributed by atoms with Gasteiger partial charge in [0.1, 0.15) is 0 Å². The Morgan fingerprint density at radius 3 is 2.61 bits per heavy atom. The summed E-state index contributed by atoms with van der Waals surface area (Å²) in [5.41, 5.74) is 0.789. The minimum atomic E-state index is 0. The Labute approximate surface area is 119 Å². The number of hydrogen-bond donors (Lipinski definition) is 1. The highest BCUT2D eigenvalue weighted by atomic mass is 35.5. The van der Waals surface area contributed by atoms with Gasteiger partial charge in [-0.1, -0.05) is 0 Å². The van der Waals surface area contributed by atoms with Crippen LogP contribution in [0, 0.1) is 0 Å². The molecule has 1 fully saturated rings. The van der Waals surface area contributed by atoms with Crippen LogP contribution >= 0.6 is 24.2 Å². The van der Waals surface area contributed by atoms with Crippen LogP contribution < -0.4 is 5.32 Å². The van der Waals surface area contributed by atoms with Crippen LogP contribution in [-0.4, -0.2) is 42.7 Å². The molecule has 0 aliphatic carbocycles. The van der Waals surface area contributed by atoms with Crippen LogP contribution in [0.3, 0.4) is 0 Å². The van der Waals surface area contributed by atoms with Crippen molar-refractivity contribution >= 4 is 30.1 Å². The van der Waals surface area contributed by atoms with E-state index >= 15 is 0 Å². The van der Waals surface area contributed by atoms with Gasteiger partial charge in [0.05, 0.1) is 0 Å². The quantitative estimate of drug-likeness (QED) is 0.847. The van der Waals surface area contributed by atoms with Gasteiger partial charge in [-0.2, -0.15) is 0 Å². The lowest BCUT2D eigenvalue weighted by molar-refractivity contribution is 0.0709. The number of amides is 1. The van der Waals surface area contributed by atoms with Crippen molar-refractivity contribution < 1.29 is 4.79 Å². The molecule has 1 heterocycles. The predicted octanol–water partition coefficient (Wildman–Crippen LogP) is 2.26. The lowest BCUT2D eigenvalue weighted by Crippen LogP contribution is -2.51. The fraction of sp³-hybridized carbons (Fsp3) is 0.462. The maximum absolute atomic E-state index is 12.2. The summed E-state index contributed by atoms with van der Waals surface area (Å²) in [5.74, 6) is 0.144. The van der Waals surface area contributed by atoms with Gasteiger partial charge in [0, 0.05) is 36.1 Å². The van der Waals surface area contributed by atoms with Crippen LogP contribution in [0.5, 0.6) is 0 Å². The minimum absolute atomic E-state index is 0. The average molecular weight is 287 g/mol. The molecule has 18 heavy (non-hydrogen) atoms. The number of rotatable bonds is 2. The fourth-order valence-electron chi connectivity index (χ4n) is 2.03. The lowest BCUT2D eigenvalue weighted by Gasteiger charge is -2.32. The standard InChI is InChI=1S/C13H18N2OS.ClH/c1-10-9-15(8-7-14-10)13(16)11-3-5-12(17-2)6-4-11;/h3-6,10,14H,7-9H2,1-2H3;1H/t10-;/m0./s1. The third-order valence-corrected chi connectivity index (χ3v) is 3.74. The predicted molar refractivity (Wildman–Crippen MR) is 78.8 cm³/mol. The summed E-state index contributed by atoms with van der Waals surface area (Å²) in [4.78, 5) is 15.4. The number of carbonyl (C=O) groups is 1. The maximum Gasteiger partial charge on any atom is 0.253 e. The van der Waals surface area contributed by atoms with Gasteiger partial charge < -0.3 is 10.2 Å². The van der Waals surface area contributed by atoms with Gasteiger partial charge in [-0.05, 0) is 37.4 Å². The fourth-order valence-corrected chi connectivity index (χ4v) is 2.44. The second kappa shape index (κ2) is 7.02. The van der Waals surface area contributed by atoms with E-state index in [0.717, 1.165) is 25.2 Å². The minimum Gasteiger partial charge on any atom is -0.336 e. The average Bonchev–Trinajstić information content (AvgIpc) is 2.38. The highest BCUT2D eigenvalue weighted by Gasteiger charge is 2.21.